The van der Waals surface area contributed by atoms with Crippen molar-refractivity contribution in [3.05, 3.63) is 28.5 Å². The molecule has 1 atom stereocenters. The molecule has 18 heavy (non-hydrogen) atoms. The maximum atomic E-state index is 12.4. The Morgan fingerprint density at radius 1 is 1.56 bits per heavy atom. The fourth-order valence-corrected chi connectivity index (χ4v) is 2.36. The van der Waals surface area contributed by atoms with Crippen molar-refractivity contribution >= 4 is 21.8 Å². The van der Waals surface area contributed by atoms with Gasteiger partial charge in [0.05, 0.1) is 6.04 Å². The molecule has 6 heteroatoms. The molecule has 1 amide bonds. The smallest absolute Gasteiger partial charge is 0.272 e. The Labute approximate surface area is 115 Å². The van der Waals surface area contributed by atoms with Crippen LogP contribution >= 0.6 is 15.9 Å². The molecule has 0 bridgehead atoms. The van der Waals surface area contributed by atoms with Crippen molar-refractivity contribution in [3.63, 3.8) is 0 Å². The molecular formula is C12H17BrN4O. The molecular weight excluding hydrogens is 296 g/mol. The average molecular weight is 313 g/mol. The van der Waals surface area contributed by atoms with Crippen LogP contribution in [0.3, 0.4) is 0 Å². The molecule has 1 aliphatic heterocycles. The number of hydrogen-bond acceptors (Lipinski definition) is 4. The number of carbonyl (C=O) groups is 1. The van der Waals surface area contributed by atoms with Gasteiger partial charge >= 0.3 is 0 Å². The van der Waals surface area contributed by atoms with Crippen molar-refractivity contribution in [2.24, 2.45) is 5.73 Å². The second-order valence-electron chi connectivity index (χ2n) is 4.51. The highest BCUT2D eigenvalue weighted by molar-refractivity contribution is 9.10. The molecule has 0 aliphatic carbocycles. The van der Waals surface area contributed by atoms with Crippen LogP contribution in [0.1, 0.15) is 10.5 Å². The van der Waals surface area contributed by atoms with E-state index in [4.69, 9.17) is 5.73 Å². The molecule has 2 rings (SSSR count). The van der Waals surface area contributed by atoms with Gasteiger partial charge in [0.15, 0.2) is 0 Å². The van der Waals surface area contributed by atoms with Crippen molar-refractivity contribution in [1.29, 1.82) is 0 Å². The lowest BCUT2D eigenvalue weighted by atomic mass is 10.1. The highest BCUT2D eigenvalue weighted by Gasteiger charge is 2.29. The zero-order valence-corrected chi connectivity index (χ0v) is 11.9. The van der Waals surface area contributed by atoms with E-state index in [2.05, 4.69) is 25.8 Å². The van der Waals surface area contributed by atoms with Crippen molar-refractivity contribution < 1.29 is 4.79 Å². The maximum Gasteiger partial charge on any atom is 0.272 e. The second kappa shape index (κ2) is 5.77. The van der Waals surface area contributed by atoms with E-state index in [-0.39, 0.29) is 11.9 Å². The molecule has 1 aliphatic rings. The second-order valence-corrected chi connectivity index (χ2v) is 5.43. The Hall–Kier alpha value is -0.980. The van der Waals surface area contributed by atoms with Gasteiger partial charge in [-0.2, -0.15) is 0 Å². The summed E-state index contributed by atoms with van der Waals surface area (Å²) in [6.45, 7) is 2.87. The Morgan fingerprint density at radius 2 is 2.33 bits per heavy atom. The van der Waals surface area contributed by atoms with Gasteiger partial charge in [-0.05, 0) is 35.1 Å². The van der Waals surface area contributed by atoms with Crippen molar-refractivity contribution in [3.8, 4) is 0 Å². The number of halogens is 1. The van der Waals surface area contributed by atoms with Gasteiger partial charge < -0.3 is 15.5 Å². The number of nitrogens with two attached hydrogens (primary N) is 1. The summed E-state index contributed by atoms with van der Waals surface area (Å²) in [6, 6.07) is 3.63. The first-order chi connectivity index (χ1) is 8.61. The van der Waals surface area contributed by atoms with Crippen LogP contribution in [0.5, 0.6) is 0 Å². The average Bonchev–Trinajstić information content (AvgIpc) is 2.38. The molecule has 1 saturated heterocycles. The SMILES string of the molecule is CN1CCN(C(=O)c2ccc(Br)cn2)C(CN)C1. The highest BCUT2D eigenvalue weighted by atomic mass is 79.9. The first-order valence-corrected chi connectivity index (χ1v) is 6.72. The highest BCUT2D eigenvalue weighted by Crippen LogP contribution is 2.13. The standard InChI is InChI=1S/C12H17BrN4O/c1-16-4-5-17(10(6-14)8-16)12(18)11-3-2-9(13)7-15-11/h2-3,7,10H,4-6,8,14H2,1H3. The van der Waals surface area contributed by atoms with Crippen LogP contribution in [-0.2, 0) is 0 Å². The van der Waals surface area contributed by atoms with E-state index in [1.165, 1.54) is 0 Å². The van der Waals surface area contributed by atoms with Crippen molar-refractivity contribution in [1.82, 2.24) is 14.8 Å². The fourth-order valence-electron chi connectivity index (χ4n) is 2.13. The molecule has 1 unspecified atom stereocenters. The van der Waals surface area contributed by atoms with Gasteiger partial charge in [0.1, 0.15) is 5.69 Å². The number of carbonyl (C=O) groups excluding carboxylic acids is 1. The Morgan fingerprint density at radius 3 is 2.94 bits per heavy atom. The monoisotopic (exact) mass is 312 g/mol. The van der Waals surface area contributed by atoms with Crippen LogP contribution in [-0.4, -0.2) is 60.0 Å². The van der Waals surface area contributed by atoms with Crippen molar-refractivity contribution in [2.75, 3.05) is 33.2 Å². The van der Waals surface area contributed by atoms with E-state index >= 15 is 0 Å². The topological polar surface area (TPSA) is 62.5 Å². The summed E-state index contributed by atoms with van der Waals surface area (Å²) in [6.07, 6.45) is 1.64. The van der Waals surface area contributed by atoms with E-state index in [1.807, 2.05) is 18.0 Å². The van der Waals surface area contributed by atoms with Gasteiger partial charge in [-0.25, -0.2) is 4.98 Å². The van der Waals surface area contributed by atoms with Crippen LogP contribution in [0.2, 0.25) is 0 Å². The molecule has 0 saturated carbocycles. The molecule has 5 nitrogen and oxygen atoms in total. The number of amides is 1. The maximum absolute atomic E-state index is 12.4. The number of rotatable bonds is 2. The van der Waals surface area contributed by atoms with Gasteiger partial charge in [-0.15, -0.1) is 0 Å². The molecule has 2 heterocycles. The third-order valence-corrected chi connectivity index (χ3v) is 3.63. The number of nitrogens with zero attached hydrogens (tertiary/aromatic N) is 3. The molecule has 1 aromatic rings. The Balaban J connectivity index is 2.14. The van der Waals surface area contributed by atoms with Crippen LogP contribution in [0.15, 0.2) is 22.8 Å². The molecule has 2 N–H and O–H groups in total. The Bertz CT molecular complexity index is 423. The summed E-state index contributed by atoms with van der Waals surface area (Å²) >= 11 is 3.31. The number of aromatic nitrogens is 1. The lowest BCUT2D eigenvalue weighted by molar-refractivity contribution is 0.0510. The van der Waals surface area contributed by atoms with Crippen LogP contribution in [0, 0.1) is 0 Å². The fraction of sp³-hybridized carbons (Fsp3) is 0.500. The van der Waals surface area contributed by atoms with Crippen LogP contribution < -0.4 is 5.73 Å². The summed E-state index contributed by atoms with van der Waals surface area (Å²) in [5.41, 5.74) is 6.22. The molecule has 1 fully saturated rings. The summed E-state index contributed by atoms with van der Waals surface area (Å²) in [5.74, 6) is -0.0361. The van der Waals surface area contributed by atoms with E-state index in [9.17, 15) is 4.79 Å². The summed E-state index contributed by atoms with van der Waals surface area (Å²) < 4.78 is 0.868. The first kappa shape index (κ1) is 13.5. The predicted octanol–water partition coefficient (Wildman–Crippen LogP) is 0.559. The Kier molecular flexibility index (Phi) is 4.31. The van der Waals surface area contributed by atoms with Gasteiger partial charge in [-0.3, -0.25) is 4.79 Å². The van der Waals surface area contributed by atoms with Gasteiger partial charge in [-0.1, -0.05) is 0 Å². The van der Waals surface area contributed by atoms with Gasteiger partial charge in [0, 0.05) is 36.8 Å². The van der Waals surface area contributed by atoms with E-state index in [0.29, 0.717) is 18.8 Å². The lowest BCUT2D eigenvalue weighted by Crippen LogP contribution is -2.56. The summed E-state index contributed by atoms with van der Waals surface area (Å²) in [5, 5.41) is 0. The minimum absolute atomic E-state index is 0.0361. The quantitative estimate of drug-likeness (QED) is 0.867. The number of likely N-dealkylation sites (N-methyl/N-ethyl adjacent to an activating group) is 1. The minimum atomic E-state index is -0.0361. The predicted molar refractivity (Wildman–Crippen MR) is 73.3 cm³/mol. The van der Waals surface area contributed by atoms with E-state index in [1.54, 1.807) is 12.3 Å². The number of pyridine rings is 1. The minimum Gasteiger partial charge on any atom is -0.330 e. The first-order valence-electron chi connectivity index (χ1n) is 5.93. The third-order valence-electron chi connectivity index (χ3n) is 3.17. The largest absolute Gasteiger partial charge is 0.330 e. The molecule has 0 radical (unpaired) electrons. The molecule has 0 spiro atoms. The van der Waals surface area contributed by atoms with Crippen LogP contribution in [0.4, 0.5) is 0 Å². The zero-order chi connectivity index (χ0) is 13.1. The zero-order valence-electron chi connectivity index (χ0n) is 10.3. The van der Waals surface area contributed by atoms with Gasteiger partial charge in [0.25, 0.3) is 5.91 Å². The molecule has 98 valence electrons. The van der Waals surface area contributed by atoms with Gasteiger partial charge in [0.2, 0.25) is 0 Å². The molecule has 0 aromatic carbocycles. The number of piperazine rings is 1. The molecule has 1 aromatic heterocycles. The lowest BCUT2D eigenvalue weighted by Gasteiger charge is -2.39. The van der Waals surface area contributed by atoms with Crippen molar-refractivity contribution in [2.45, 2.75) is 6.04 Å². The van der Waals surface area contributed by atoms with E-state index in [0.717, 1.165) is 17.6 Å². The summed E-state index contributed by atoms with van der Waals surface area (Å²) in [4.78, 5) is 20.5. The number of hydrogen-bond donors (Lipinski definition) is 1. The third kappa shape index (κ3) is 2.88. The summed E-state index contributed by atoms with van der Waals surface area (Å²) in [7, 11) is 2.04. The normalized spacial score (nSPS) is 21.1. The van der Waals surface area contributed by atoms with E-state index < -0.39 is 0 Å². The van der Waals surface area contributed by atoms with Crippen LogP contribution in [0.25, 0.3) is 0 Å².